The molecule has 0 aliphatic carbocycles. The van der Waals surface area contributed by atoms with E-state index in [1.807, 2.05) is 0 Å². The molecule has 10 heteroatoms. The molecule has 0 unspecified atom stereocenters. The van der Waals surface area contributed by atoms with E-state index in [2.05, 4.69) is 15.3 Å². The Morgan fingerprint density at radius 3 is 2.46 bits per heavy atom. The number of aromatic nitrogens is 1. The number of hydrogen-bond donors (Lipinski definition) is 1. The van der Waals surface area contributed by atoms with E-state index in [0.717, 1.165) is 12.3 Å². The first-order valence-corrected chi connectivity index (χ1v) is 8.16. The maximum atomic E-state index is 14.6. The molecule has 3 rings (SSSR count). The smallest absolute Gasteiger partial charge is 0.425 e. The van der Waals surface area contributed by atoms with Crippen molar-refractivity contribution in [3.63, 3.8) is 0 Å². The fourth-order valence-electron chi connectivity index (χ4n) is 3.06. The molecule has 1 aromatic heterocycles. The van der Waals surface area contributed by atoms with Crippen LogP contribution in [-0.4, -0.2) is 30.3 Å². The van der Waals surface area contributed by atoms with Crippen LogP contribution in [0.25, 0.3) is 11.1 Å². The molecular weight excluding hydrogens is 388 g/mol. The van der Waals surface area contributed by atoms with Crippen LogP contribution in [0.1, 0.15) is 18.9 Å². The van der Waals surface area contributed by atoms with Gasteiger partial charge in [-0.05, 0) is 25.1 Å². The Balaban J connectivity index is 2.17. The predicted octanol–water partition coefficient (Wildman–Crippen LogP) is 4.31. The number of ether oxygens (including phenoxy) is 1. The van der Waals surface area contributed by atoms with Gasteiger partial charge in [-0.2, -0.15) is 17.6 Å². The molecule has 4 nitrogen and oxygen atoms in total. The molecule has 0 saturated carbocycles. The van der Waals surface area contributed by atoms with Gasteiger partial charge in [0.2, 0.25) is 5.95 Å². The highest BCUT2D eigenvalue weighted by molar-refractivity contribution is 5.75. The summed E-state index contributed by atoms with van der Waals surface area (Å²) in [5.41, 5.74) is -2.64. The van der Waals surface area contributed by atoms with E-state index < -0.39 is 47.8 Å². The van der Waals surface area contributed by atoms with Crippen LogP contribution in [0.15, 0.2) is 35.5 Å². The molecular formula is C18H15F6N3O. The Kier molecular flexibility index (Phi) is 4.99. The third kappa shape index (κ3) is 3.63. The van der Waals surface area contributed by atoms with Crippen LogP contribution in [0.4, 0.5) is 26.3 Å². The van der Waals surface area contributed by atoms with E-state index >= 15 is 0 Å². The summed E-state index contributed by atoms with van der Waals surface area (Å²) in [5.74, 6) is -3.17. The van der Waals surface area contributed by atoms with Gasteiger partial charge in [0.1, 0.15) is 11.6 Å². The molecule has 0 fully saturated rings. The van der Waals surface area contributed by atoms with Gasteiger partial charge in [0.05, 0.1) is 5.54 Å². The van der Waals surface area contributed by atoms with Crippen molar-refractivity contribution < 1.29 is 31.1 Å². The summed E-state index contributed by atoms with van der Waals surface area (Å²) in [5, 5.41) is 2.38. The highest BCUT2D eigenvalue weighted by atomic mass is 19.4. The number of pyridine rings is 1. The Morgan fingerprint density at radius 1 is 1.14 bits per heavy atom. The maximum absolute atomic E-state index is 14.6. The van der Waals surface area contributed by atoms with Gasteiger partial charge >= 0.3 is 6.18 Å². The average molecular weight is 403 g/mol. The monoisotopic (exact) mass is 403 g/mol. The summed E-state index contributed by atoms with van der Waals surface area (Å²) < 4.78 is 87.4. The molecule has 0 spiro atoms. The van der Waals surface area contributed by atoms with Crippen molar-refractivity contribution in [1.29, 1.82) is 0 Å². The Hall–Kier alpha value is -2.78. The molecule has 150 valence electrons. The minimum atomic E-state index is -4.73. The highest BCUT2D eigenvalue weighted by Crippen LogP contribution is 2.42. The molecule has 1 aromatic carbocycles. The van der Waals surface area contributed by atoms with Gasteiger partial charge in [0.25, 0.3) is 6.02 Å². The zero-order valence-electron chi connectivity index (χ0n) is 14.7. The van der Waals surface area contributed by atoms with Gasteiger partial charge in [-0.3, -0.25) is 0 Å². The number of alkyl halides is 3. The van der Waals surface area contributed by atoms with Crippen LogP contribution in [0.3, 0.4) is 0 Å². The van der Waals surface area contributed by atoms with E-state index in [9.17, 15) is 26.3 Å². The summed E-state index contributed by atoms with van der Waals surface area (Å²) in [6, 6.07) is 3.60. The maximum Gasteiger partial charge on any atom is 0.425 e. The van der Waals surface area contributed by atoms with Crippen LogP contribution in [-0.2, 0) is 10.3 Å². The number of benzene rings is 1. The number of hydrogen-bond acceptors (Lipinski definition) is 4. The standard InChI is InChI=1S/C18H15F6N3O/c1-17(8-14(18(22,23)24)28-16(25-2)27-17)11-6-10(12(19)7-13(11)20)9-4-3-5-26-15(9)21/h3-7,14H,8H2,1-2H3,(H,25,27)/t14-,17-/m0/s1. The second-order valence-electron chi connectivity index (χ2n) is 6.45. The van der Waals surface area contributed by atoms with Crippen molar-refractivity contribution >= 4 is 6.02 Å². The first-order chi connectivity index (χ1) is 13.0. The van der Waals surface area contributed by atoms with Crippen molar-refractivity contribution in [2.45, 2.75) is 31.2 Å². The van der Waals surface area contributed by atoms with E-state index in [0.29, 0.717) is 6.07 Å². The molecule has 2 atom stereocenters. The highest BCUT2D eigenvalue weighted by Gasteiger charge is 2.50. The Bertz CT molecular complexity index is 930. The molecule has 1 aliphatic heterocycles. The SMILES string of the molecule is CNC1=N[C@](C)(c2cc(-c3cccnc3F)c(F)cc2F)C[C@@H](C(F)(F)F)O1. The fourth-order valence-corrected chi connectivity index (χ4v) is 3.06. The van der Waals surface area contributed by atoms with Crippen LogP contribution >= 0.6 is 0 Å². The van der Waals surface area contributed by atoms with Gasteiger partial charge in [-0.15, -0.1) is 0 Å². The third-order valence-corrected chi connectivity index (χ3v) is 4.45. The molecule has 0 radical (unpaired) electrons. The quantitative estimate of drug-likeness (QED) is 0.601. The number of rotatable bonds is 2. The Morgan fingerprint density at radius 2 is 1.86 bits per heavy atom. The van der Waals surface area contributed by atoms with Gasteiger partial charge in [0.15, 0.2) is 6.10 Å². The number of aliphatic imine (C=N–C) groups is 1. The van der Waals surface area contributed by atoms with Crippen molar-refractivity contribution in [1.82, 2.24) is 10.3 Å². The lowest BCUT2D eigenvalue weighted by atomic mass is 9.84. The van der Waals surface area contributed by atoms with Crippen molar-refractivity contribution in [3.8, 4) is 11.1 Å². The summed E-state index contributed by atoms with van der Waals surface area (Å²) in [4.78, 5) is 7.44. The lowest BCUT2D eigenvalue weighted by Crippen LogP contribution is -2.47. The predicted molar refractivity (Wildman–Crippen MR) is 88.9 cm³/mol. The molecule has 1 aliphatic rings. The zero-order chi connectivity index (χ0) is 20.7. The first kappa shape index (κ1) is 20.0. The normalized spacial score (nSPS) is 22.4. The van der Waals surface area contributed by atoms with Crippen LogP contribution in [0, 0.1) is 17.6 Å². The molecule has 2 aromatic rings. The minimum absolute atomic E-state index is 0.248. The van der Waals surface area contributed by atoms with Gasteiger partial charge in [-0.1, -0.05) is 0 Å². The summed E-state index contributed by atoms with van der Waals surface area (Å²) in [6.45, 7) is 1.27. The number of nitrogens with one attached hydrogen (secondary N) is 1. The van der Waals surface area contributed by atoms with Gasteiger partial charge < -0.3 is 10.1 Å². The summed E-state index contributed by atoms with van der Waals surface area (Å²) in [7, 11) is 1.30. The van der Waals surface area contributed by atoms with Crippen molar-refractivity contribution in [3.05, 3.63) is 53.6 Å². The topological polar surface area (TPSA) is 46.5 Å². The molecule has 0 bridgehead atoms. The van der Waals surface area contributed by atoms with Gasteiger partial charge in [-0.25, -0.2) is 18.8 Å². The number of halogens is 6. The Labute approximate surface area is 156 Å². The molecule has 2 heterocycles. The second-order valence-corrected chi connectivity index (χ2v) is 6.45. The van der Waals surface area contributed by atoms with E-state index in [1.54, 1.807) is 0 Å². The van der Waals surface area contributed by atoms with E-state index in [-0.39, 0.29) is 16.7 Å². The second kappa shape index (κ2) is 6.99. The number of nitrogens with zero attached hydrogens (tertiary/aromatic N) is 2. The van der Waals surface area contributed by atoms with Crippen molar-refractivity contribution in [2.24, 2.45) is 4.99 Å². The van der Waals surface area contributed by atoms with Crippen molar-refractivity contribution in [2.75, 3.05) is 7.05 Å². The summed E-state index contributed by atoms with van der Waals surface area (Å²) in [6.07, 6.45) is -6.56. The molecule has 1 N–H and O–H groups in total. The molecule has 28 heavy (non-hydrogen) atoms. The molecule has 0 saturated heterocycles. The minimum Gasteiger partial charge on any atom is -0.452 e. The van der Waals surface area contributed by atoms with Gasteiger partial charge in [0, 0.05) is 42.4 Å². The number of amidine groups is 1. The fraction of sp³-hybridized carbons (Fsp3) is 0.333. The first-order valence-electron chi connectivity index (χ1n) is 8.16. The van der Waals surface area contributed by atoms with E-state index in [1.165, 1.54) is 26.1 Å². The molecule has 0 amide bonds. The lowest BCUT2D eigenvalue weighted by molar-refractivity contribution is -0.208. The lowest BCUT2D eigenvalue weighted by Gasteiger charge is -2.36. The van der Waals surface area contributed by atoms with E-state index in [4.69, 9.17) is 4.74 Å². The third-order valence-electron chi connectivity index (χ3n) is 4.45. The average Bonchev–Trinajstić information content (AvgIpc) is 2.61. The summed E-state index contributed by atoms with van der Waals surface area (Å²) >= 11 is 0. The van der Waals surface area contributed by atoms with Crippen LogP contribution in [0.2, 0.25) is 0 Å². The zero-order valence-corrected chi connectivity index (χ0v) is 14.7. The van der Waals surface area contributed by atoms with Crippen LogP contribution < -0.4 is 5.32 Å². The largest absolute Gasteiger partial charge is 0.452 e. The van der Waals surface area contributed by atoms with Crippen LogP contribution in [0.5, 0.6) is 0 Å².